The van der Waals surface area contributed by atoms with Crippen LogP contribution in [-0.4, -0.2) is 20.0 Å². The van der Waals surface area contributed by atoms with Crippen molar-refractivity contribution in [3.05, 3.63) is 57.5 Å². The lowest BCUT2D eigenvalue weighted by molar-refractivity contribution is -0.116. The van der Waals surface area contributed by atoms with Crippen molar-refractivity contribution < 1.29 is 4.79 Å². The molecule has 0 fully saturated rings. The van der Waals surface area contributed by atoms with Crippen molar-refractivity contribution in [2.75, 3.05) is 5.32 Å². The van der Waals surface area contributed by atoms with Crippen LogP contribution in [0.3, 0.4) is 0 Å². The molecule has 0 radical (unpaired) electrons. The van der Waals surface area contributed by atoms with Crippen LogP contribution in [0, 0.1) is 0 Å². The average Bonchev–Trinajstić information content (AvgIpc) is 2.41. The monoisotopic (exact) mass is 260 g/mol. The largest absolute Gasteiger partial charge is 0.331 e. The predicted octanol–water partition coefficient (Wildman–Crippen LogP) is -0.419. The Hall–Kier alpha value is -2.70. The molecule has 98 valence electrons. The molecule has 0 atom stereocenters. The van der Waals surface area contributed by atoms with Gasteiger partial charge in [0.2, 0.25) is 5.91 Å². The van der Waals surface area contributed by atoms with E-state index in [1.807, 2.05) is 0 Å². The van der Waals surface area contributed by atoms with E-state index in [0.29, 0.717) is 5.82 Å². The van der Waals surface area contributed by atoms with Gasteiger partial charge in [-0.15, -0.1) is 0 Å². The lowest BCUT2D eigenvalue weighted by Crippen LogP contribution is -2.39. The van der Waals surface area contributed by atoms with Crippen molar-refractivity contribution in [2.45, 2.75) is 6.54 Å². The van der Waals surface area contributed by atoms with E-state index in [0.717, 1.165) is 9.13 Å². The van der Waals surface area contributed by atoms with Gasteiger partial charge in [-0.1, -0.05) is 6.07 Å². The van der Waals surface area contributed by atoms with Crippen LogP contribution in [0.15, 0.2) is 46.2 Å². The molecule has 7 heteroatoms. The van der Waals surface area contributed by atoms with E-state index in [-0.39, 0.29) is 12.5 Å². The minimum absolute atomic E-state index is 0.177. The highest BCUT2D eigenvalue weighted by Gasteiger charge is 2.07. The maximum Gasteiger partial charge on any atom is 0.331 e. The number of pyridine rings is 1. The van der Waals surface area contributed by atoms with Gasteiger partial charge in [-0.3, -0.25) is 18.7 Å². The van der Waals surface area contributed by atoms with Gasteiger partial charge in [-0.25, -0.2) is 9.78 Å². The van der Waals surface area contributed by atoms with E-state index in [1.54, 1.807) is 24.4 Å². The molecule has 7 nitrogen and oxygen atoms in total. The van der Waals surface area contributed by atoms with Gasteiger partial charge in [0.15, 0.2) is 0 Å². The highest BCUT2D eigenvalue weighted by atomic mass is 16.2. The zero-order chi connectivity index (χ0) is 13.8. The molecule has 0 aliphatic heterocycles. The first-order valence-electron chi connectivity index (χ1n) is 5.55. The van der Waals surface area contributed by atoms with Crippen molar-refractivity contribution in [2.24, 2.45) is 7.05 Å². The summed E-state index contributed by atoms with van der Waals surface area (Å²) in [5.41, 5.74) is -0.949. The lowest BCUT2D eigenvalue weighted by atomic mass is 10.4. The van der Waals surface area contributed by atoms with Crippen LogP contribution in [0.1, 0.15) is 0 Å². The van der Waals surface area contributed by atoms with E-state index < -0.39 is 11.2 Å². The summed E-state index contributed by atoms with van der Waals surface area (Å²) in [5.74, 6) is 0.0183. The molecular formula is C12H12N4O3. The molecule has 0 aliphatic carbocycles. The van der Waals surface area contributed by atoms with Crippen LogP contribution >= 0.6 is 0 Å². The summed E-state index contributed by atoms with van der Waals surface area (Å²) in [7, 11) is 1.36. The number of carbonyl (C=O) groups excluding carboxylic acids is 1. The van der Waals surface area contributed by atoms with Crippen LogP contribution in [0.25, 0.3) is 0 Å². The van der Waals surface area contributed by atoms with Gasteiger partial charge in [0.25, 0.3) is 5.56 Å². The van der Waals surface area contributed by atoms with E-state index in [4.69, 9.17) is 0 Å². The highest BCUT2D eigenvalue weighted by Crippen LogP contribution is 1.99. The molecule has 0 aromatic carbocycles. The van der Waals surface area contributed by atoms with Gasteiger partial charge in [-0.2, -0.15) is 0 Å². The second kappa shape index (κ2) is 5.30. The molecule has 0 unspecified atom stereocenters. The Morgan fingerprint density at radius 1 is 1.32 bits per heavy atom. The van der Waals surface area contributed by atoms with Crippen LogP contribution in [-0.2, 0) is 18.4 Å². The van der Waals surface area contributed by atoms with Crippen molar-refractivity contribution >= 4 is 11.7 Å². The smallest absolute Gasteiger partial charge is 0.309 e. The SMILES string of the molecule is Cn1c(=O)ccn(CC(=O)Nc2ccccn2)c1=O. The van der Waals surface area contributed by atoms with Crippen molar-refractivity contribution in [1.29, 1.82) is 0 Å². The fraction of sp³-hybridized carbons (Fsp3) is 0.167. The minimum atomic E-state index is -0.538. The normalized spacial score (nSPS) is 10.2. The third kappa shape index (κ3) is 2.95. The fourth-order valence-corrected chi connectivity index (χ4v) is 1.51. The Labute approximate surface area is 108 Å². The predicted molar refractivity (Wildman–Crippen MR) is 68.8 cm³/mol. The van der Waals surface area contributed by atoms with Gasteiger partial charge in [-0.05, 0) is 12.1 Å². The number of amides is 1. The average molecular weight is 260 g/mol. The summed E-state index contributed by atoms with van der Waals surface area (Å²) >= 11 is 0. The first kappa shape index (κ1) is 12.7. The number of nitrogens with zero attached hydrogens (tertiary/aromatic N) is 3. The number of anilines is 1. The standard InChI is InChI=1S/C12H12N4O3/c1-15-11(18)5-7-16(12(15)19)8-10(17)14-9-4-2-3-6-13-9/h2-7H,8H2,1H3,(H,13,14,17). The zero-order valence-corrected chi connectivity index (χ0v) is 10.2. The summed E-state index contributed by atoms with van der Waals surface area (Å²) in [6.07, 6.45) is 2.84. The Balaban J connectivity index is 2.14. The quantitative estimate of drug-likeness (QED) is 0.812. The van der Waals surface area contributed by atoms with Crippen molar-refractivity contribution in [1.82, 2.24) is 14.1 Å². The number of carbonyl (C=O) groups is 1. The Morgan fingerprint density at radius 3 is 2.79 bits per heavy atom. The molecule has 2 heterocycles. The first-order chi connectivity index (χ1) is 9.08. The zero-order valence-electron chi connectivity index (χ0n) is 10.2. The van der Waals surface area contributed by atoms with Crippen LogP contribution < -0.4 is 16.6 Å². The topological polar surface area (TPSA) is 86.0 Å². The second-order valence-electron chi connectivity index (χ2n) is 3.89. The molecule has 2 rings (SSSR count). The highest BCUT2D eigenvalue weighted by molar-refractivity contribution is 5.89. The first-order valence-corrected chi connectivity index (χ1v) is 5.55. The van der Waals surface area contributed by atoms with Gasteiger partial charge >= 0.3 is 5.69 Å². The van der Waals surface area contributed by atoms with Gasteiger partial charge in [0, 0.05) is 25.5 Å². The third-order valence-corrected chi connectivity index (χ3v) is 2.51. The molecule has 0 bridgehead atoms. The molecule has 2 aromatic heterocycles. The lowest BCUT2D eigenvalue weighted by Gasteiger charge is -2.07. The van der Waals surface area contributed by atoms with Gasteiger partial charge in [0.05, 0.1) is 0 Å². The molecule has 2 aromatic rings. The third-order valence-electron chi connectivity index (χ3n) is 2.51. The van der Waals surface area contributed by atoms with E-state index in [9.17, 15) is 14.4 Å². The van der Waals surface area contributed by atoms with Crippen molar-refractivity contribution in [3.63, 3.8) is 0 Å². The molecule has 0 spiro atoms. The molecule has 0 saturated heterocycles. The Bertz CT molecular complexity index is 703. The van der Waals surface area contributed by atoms with E-state index in [1.165, 1.54) is 19.3 Å². The number of hydrogen-bond acceptors (Lipinski definition) is 4. The molecular weight excluding hydrogens is 248 g/mol. The van der Waals surface area contributed by atoms with Gasteiger partial charge < -0.3 is 5.32 Å². The van der Waals surface area contributed by atoms with Crippen molar-refractivity contribution in [3.8, 4) is 0 Å². The number of aromatic nitrogens is 3. The molecule has 0 saturated carbocycles. The summed E-state index contributed by atoms with van der Waals surface area (Å²) in [4.78, 5) is 38.6. The molecule has 1 amide bonds. The summed E-state index contributed by atoms with van der Waals surface area (Å²) < 4.78 is 2.09. The number of nitrogens with one attached hydrogen (secondary N) is 1. The summed E-state index contributed by atoms with van der Waals surface area (Å²) in [6, 6.07) is 6.34. The van der Waals surface area contributed by atoms with Crippen LogP contribution in [0.4, 0.5) is 5.82 Å². The maximum absolute atomic E-state index is 11.7. The Kier molecular flexibility index (Phi) is 3.56. The number of hydrogen-bond donors (Lipinski definition) is 1. The van der Waals surface area contributed by atoms with Crippen LogP contribution in [0.5, 0.6) is 0 Å². The second-order valence-corrected chi connectivity index (χ2v) is 3.89. The van der Waals surface area contributed by atoms with E-state index >= 15 is 0 Å². The number of rotatable bonds is 3. The maximum atomic E-state index is 11.7. The Morgan fingerprint density at radius 2 is 2.11 bits per heavy atom. The molecule has 19 heavy (non-hydrogen) atoms. The summed E-state index contributed by atoms with van der Waals surface area (Å²) in [6.45, 7) is -0.177. The van der Waals surface area contributed by atoms with Crippen LogP contribution in [0.2, 0.25) is 0 Å². The molecule has 0 aliphatic rings. The molecule has 1 N–H and O–H groups in total. The van der Waals surface area contributed by atoms with E-state index in [2.05, 4.69) is 10.3 Å². The summed E-state index contributed by atoms with van der Waals surface area (Å²) in [5, 5.41) is 2.55. The fourth-order valence-electron chi connectivity index (χ4n) is 1.51. The minimum Gasteiger partial charge on any atom is -0.309 e. The van der Waals surface area contributed by atoms with Gasteiger partial charge in [0.1, 0.15) is 12.4 Å².